The number of anilines is 1. The molecular weight excluding hydrogens is 468 g/mol. The first-order valence-corrected chi connectivity index (χ1v) is 11.9. The van der Waals surface area contributed by atoms with Gasteiger partial charge in [0.15, 0.2) is 21.2 Å². The summed E-state index contributed by atoms with van der Waals surface area (Å²) in [7, 11) is 0. The number of nitrogens with one attached hydrogen (secondary N) is 1. The minimum atomic E-state index is -0.253. The van der Waals surface area contributed by atoms with E-state index < -0.39 is 0 Å². The second kappa shape index (κ2) is 9.38. The van der Waals surface area contributed by atoms with Crippen LogP contribution in [0.3, 0.4) is 0 Å². The molecule has 4 rings (SSSR count). The zero-order valence-corrected chi connectivity index (χ0v) is 19.5. The van der Waals surface area contributed by atoms with Gasteiger partial charge in [-0.15, -0.1) is 0 Å². The Bertz CT molecular complexity index is 1030. The number of furan rings is 1. The number of rotatable bonds is 7. The van der Waals surface area contributed by atoms with Crippen LogP contribution < -0.4 is 10.2 Å². The van der Waals surface area contributed by atoms with E-state index in [1.54, 1.807) is 23.9 Å². The number of halogens is 1. The summed E-state index contributed by atoms with van der Waals surface area (Å²) >= 11 is 4.86. The molecule has 0 bridgehead atoms. The number of amides is 1. The first kappa shape index (κ1) is 21.2. The number of hydrogen-bond acceptors (Lipinski definition) is 7. The molecule has 0 aromatic carbocycles. The van der Waals surface area contributed by atoms with Crippen molar-refractivity contribution in [2.45, 2.75) is 50.1 Å². The molecule has 4 heterocycles. The molecule has 0 aliphatic carbocycles. The van der Waals surface area contributed by atoms with Gasteiger partial charge in [0.05, 0.1) is 18.1 Å². The Kier molecular flexibility index (Phi) is 6.62. The minimum Gasteiger partial charge on any atom is -0.444 e. The van der Waals surface area contributed by atoms with Crippen molar-refractivity contribution in [3.63, 3.8) is 0 Å². The summed E-state index contributed by atoms with van der Waals surface area (Å²) in [4.78, 5) is 24.2. The van der Waals surface area contributed by atoms with Gasteiger partial charge in [0.2, 0.25) is 0 Å². The smallest absolute Gasteiger partial charge is 0.287 e. The maximum atomic E-state index is 12.2. The second-order valence-corrected chi connectivity index (χ2v) is 9.83. The molecule has 1 fully saturated rings. The van der Waals surface area contributed by atoms with E-state index in [0.717, 1.165) is 35.1 Å². The number of piperidine rings is 1. The highest BCUT2D eigenvalue weighted by molar-refractivity contribution is 9.10. The van der Waals surface area contributed by atoms with Crippen molar-refractivity contribution in [2.75, 3.05) is 24.5 Å². The van der Waals surface area contributed by atoms with E-state index >= 15 is 0 Å². The fourth-order valence-corrected chi connectivity index (χ4v) is 4.50. The Balaban J connectivity index is 1.55. The third-order valence-electron chi connectivity index (χ3n) is 4.86. The maximum absolute atomic E-state index is 12.2. The summed E-state index contributed by atoms with van der Waals surface area (Å²) in [6, 6.07) is 3.33. The second-order valence-electron chi connectivity index (χ2n) is 7.51. The fraction of sp³-hybridized carbons (Fsp3) is 0.500. The highest BCUT2D eigenvalue weighted by atomic mass is 79.9. The van der Waals surface area contributed by atoms with Gasteiger partial charge in [-0.25, -0.2) is 14.6 Å². The van der Waals surface area contributed by atoms with E-state index in [0.29, 0.717) is 23.0 Å². The largest absolute Gasteiger partial charge is 0.444 e. The van der Waals surface area contributed by atoms with Crippen molar-refractivity contribution in [3.8, 4) is 0 Å². The van der Waals surface area contributed by atoms with Crippen LogP contribution in [0.25, 0.3) is 11.0 Å². The van der Waals surface area contributed by atoms with Gasteiger partial charge in [0.1, 0.15) is 5.82 Å². The van der Waals surface area contributed by atoms with E-state index in [4.69, 9.17) is 14.4 Å². The fourth-order valence-electron chi connectivity index (χ4n) is 3.49. The molecule has 1 N–H and O–H groups in total. The Labute approximate surface area is 187 Å². The number of carbonyl (C=O) groups is 1. The van der Waals surface area contributed by atoms with E-state index in [-0.39, 0.29) is 11.7 Å². The number of nitrogens with zero attached hydrogens (tertiary/aromatic N) is 5. The molecule has 1 saturated heterocycles. The van der Waals surface area contributed by atoms with Crippen LogP contribution in [0.4, 0.5) is 5.82 Å². The van der Waals surface area contributed by atoms with Crippen molar-refractivity contribution in [1.29, 1.82) is 0 Å². The maximum Gasteiger partial charge on any atom is 0.287 e. The Morgan fingerprint density at radius 1 is 1.27 bits per heavy atom. The summed E-state index contributed by atoms with van der Waals surface area (Å²) in [5.74, 6) is 0.993. The zero-order chi connectivity index (χ0) is 21.1. The van der Waals surface area contributed by atoms with Gasteiger partial charge in [-0.2, -0.15) is 5.10 Å². The van der Waals surface area contributed by atoms with E-state index in [1.165, 1.54) is 19.3 Å². The summed E-state index contributed by atoms with van der Waals surface area (Å²) < 4.78 is 7.66. The monoisotopic (exact) mass is 492 g/mol. The van der Waals surface area contributed by atoms with Crippen molar-refractivity contribution in [3.05, 3.63) is 28.8 Å². The number of carbonyl (C=O) groups excluding carboxylic acids is 1. The highest BCUT2D eigenvalue weighted by Gasteiger charge is 2.20. The predicted octanol–water partition coefficient (Wildman–Crippen LogP) is 4.10. The third kappa shape index (κ3) is 4.80. The molecule has 3 aromatic heterocycles. The lowest BCUT2D eigenvalue weighted by molar-refractivity contribution is 0.0923. The minimum absolute atomic E-state index is 0.253. The first-order chi connectivity index (χ1) is 14.5. The Hall–Kier alpha value is -2.07. The molecule has 30 heavy (non-hydrogen) atoms. The molecular formula is C20H25BrN6O2S. The zero-order valence-electron chi connectivity index (χ0n) is 17.1. The molecule has 1 amide bonds. The van der Waals surface area contributed by atoms with Gasteiger partial charge in [-0.05, 0) is 47.3 Å². The Morgan fingerprint density at radius 2 is 2.07 bits per heavy atom. The van der Waals surface area contributed by atoms with E-state index in [9.17, 15) is 4.79 Å². The van der Waals surface area contributed by atoms with Crippen molar-refractivity contribution in [2.24, 2.45) is 0 Å². The summed E-state index contributed by atoms with van der Waals surface area (Å²) in [5.41, 5.74) is 0.809. The van der Waals surface area contributed by atoms with Crippen LogP contribution >= 0.6 is 27.7 Å². The number of thioether (sulfide) groups is 1. The van der Waals surface area contributed by atoms with Crippen LogP contribution in [0.2, 0.25) is 0 Å². The van der Waals surface area contributed by atoms with E-state index in [2.05, 4.69) is 45.1 Å². The summed E-state index contributed by atoms with van der Waals surface area (Å²) in [6.45, 7) is 7.23. The molecule has 10 heteroatoms. The highest BCUT2D eigenvalue weighted by Crippen LogP contribution is 2.30. The van der Waals surface area contributed by atoms with Crippen molar-refractivity contribution < 1.29 is 9.21 Å². The summed E-state index contributed by atoms with van der Waals surface area (Å²) in [5, 5.41) is 9.53. The summed E-state index contributed by atoms with van der Waals surface area (Å²) in [6.07, 6.45) is 5.47. The molecule has 1 aliphatic heterocycles. The normalized spacial score (nSPS) is 14.6. The molecule has 0 saturated carbocycles. The molecule has 160 valence electrons. The molecule has 0 radical (unpaired) electrons. The predicted molar refractivity (Wildman–Crippen MR) is 121 cm³/mol. The van der Waals surface area contributed by atoms with Crippen LogP contribution in [0.1, 0.15) is 43.7 Å². The molecule has 1 aliphatic rings. The van der Waals surface area contributed by atoms with Crippen LogP contribution in [-0.2, 0) is 6.54 Å². The van der Waals surface area contributed by atoms with E-state index in [1.807, 2.05) is 10.9 Å². The third-order valence-corrected chi connectivity index (χ3v) is 6.15. The first-order valence-electron chi connectivity index (χ1n) is 10.2. The van der Waals surface area contributed by atoms with Gasteiger partial charge in [-0.1, -0.05) is 25.6 Å². The molecule has 8 nitrogen and oxygen atoms in total. The van der Waals surface area contributed by atoms with Crippen molar-refractivity contribution >= 4 is 50.5 Å². The van der Waals surface area contributed by atoms with Crippen LogP contribution in [0, 0.1) is 0 Å². The molecule has 0 unspecified atom stereocenters. The molecule has 0 atom stereocenters. The van der Waals surface area contributed by atoms with Crippen LogP contribution in [0.5, 0.6) is 0 Å². The average molecular weight is 493 g/mol. The molecule has 0 spiro atoms. The average Bonchev–Trinajstić information content (AvgIpc) is 3.34. The number of fused-ring (bicyclic) bond motifs is 1. The SMILES string of the molecule is CC(C)Sc1nc(N2CCCCC2)c2cnn(CCNC(=O)c3ccc(Br)o3)c2n1. The quantitative estimate of drug-likeness (QED) is 0.392. The molecule has 3 aromatic rings. The number of hydrogen-bond donors (Lipinski definition) is 1. The van der Waals surface area contributed by atoms with Gasteiger partial charge in [-0.3, -0.25) is 4.79 Å². The standard InChI is InChI=1S/C20H25BrN6O2S/c1-13(2)30-20-24-17(26-9-4-3-5-10-26)14-12-23-27(18(14)25-20)11-8-22-19(28)15-6-7-16(21)29-15/h6-7,12-13H,3-5,8-11H2,1-2H3,(H,22,28). The number of aromatic nitrogens is 4. The van der Waals surface area contributed by atoms with Gasteiger partial charge >= 0.3 is 0 Å². The van der Waals surface area contributed by atoms with Crippen molar-refractivity contribution in [1.82, 2.24) is 25.1 Å². The Morgan fingerprint density at radius 3 is 2.77 bits per heavy atom. The van der Waals surface area contributed by atoms with Gasteiger partial charge in [0.25, 0.3) is 5.91 Å². The lowest BCUT2D eigenvalue weighted by Gasteiger charge is -2.28. The topological polar surface area (TPSA) is 89.1 Å². The van der Waals surface area contributed by atoms with Crippen LogP contribution in [0.15, 0.2) is 32.6 Å². The van der Waals surface area contributed by atoms with Crippen LogP contribution in [-0.4, -0.2) is 50.5 Å². The van der Waals surface area contributed by atoms with Gasteiger partial charge in [0, 0.05) is 24.9 Å². The van der Waals surface area contributed by atoms with Gasteiger partial charge < -0.3 is 14.6 Å². The lowest BCUT2D eigenvalue weighted by atomic mass is 10.1. The lowest BCUT2D eigenvalue weighted by Crippen LogP contribution is -2.30.